The van der Waals surface area contributed by atoms with E-state index in [1.807, 2.05) is 0 Å². The van der Waals surface area contributed by atoms with E-state index in [9.17, 15) is 14.4 Å². The number of carbonyl (C=O) groups excluding carboxylic acids is 3. The Morgan fingerprint density at radius 3 is 1.04 bits per heavy atom. The van der Waals surface area contributed by atoms with Crippen molar-refractivity contribution < 1.29 is 28.6 Å². The quantitative estimate of drug-likeness (QED) is 0.0199. The topological polar surface area (TPSA) is 78.9 Å². The second-order valence-corrected chi connectivity index (χ2v) is 18.2. The minimum Gasteiger partial charge on any atom is -0.462 e. The average molecular weight is 968 g/mol. The van der Waals surface area contributed by atoms with E-state index in [0.29, 0.717) is 19.3 Å². The largest absolute Gasteiger partial charge is 0.462 e. The van der Waals surface area contributed by atoms with Crippen molar-refractivity contribution in [2.45, 2.75) is 239 Å². The maximum absolute atomic E-state index is 12.9. The summed E-state index contributed by atoms with van der Waals surface area (Å²) in [7, 11) is 0. The highest BCUT2D eigenvalue weighted by atomic mass is 16.6. The molecular formula is C64H102O6. The molecule has 0 heterocycles. The molecule has 0 bridgehead atoms. The Balaban J connectivity index is 4.51. The maximum atomic E-state index is 12.9. The Bertz CT molecular complexity index is 1530. The SMILES string of the molecule is CC\C=C/C=C\C=C/CCCCCCCCCC(=O)OCC(COC(=O)CCCCCCCC/C=C\C/C=C\C/C=C\C/C=C\CC)OC(=O)CCCCCCC\C=C/C=C\C=C/C=C\CCCCC. The van der Waals surface area contributed by atoms with Crippen molar-refractivity contribution in [2.75, 3.05) is 13.2 Å². The standard InChI is InChI=1S/C64H102O6/c1-4-7-10-13-16-19-22-25-28-30-32-34-36-39-42-45-48-51-54-57-63(66)69-60-61(59-68-62(65)56-53-50-47-44-41-38-35-27-24-21-18-15-12-9-6-3)70-64(67)58-55-52-49-46-43-40-37-33-31-29-26-23-20-17-14-11-8-5-2/h7,9-10,12,15-21,23-26,28-29,31-34,37,61H,4-6,8,11,13-14,22,27,30,35-36,38-60H2,1-3H3/b10-7-,12-9-,18-15-,19-16-,20-17-,24-21-,26-23-,28-25-,31-29-,34-32-,37-33-. The van der Waals surface area contributed by atoms with Crippen LogP contribution in [-0.4, -0.2) is 37.2 Å². The molecule has 0 aliphatic heterocycles. The fourth-order valence-corrected chi connectivity index (χ4v) is 7.33. The highest BCUT2D eigenvalue weighted by molar-refractivity contribution is 5.71. The van der Waals surface area contributed by atoms with Crippen LogP contribution < -0.4 is 0 Å². The molecule has 0 aromatic carbocycles. The van der Waals surface area contributed by atoms with Crippen molar-refractivity contribution in [3.8, 4) is 0 Å². The fourth-order valence-electron chi connectivity index (χ4n) is 7.33. The molecule has 0 saturated carbocycles. The summed E-state index contributed by atoms with van der Waals surface area (Å²) in [5.74, 6) is -0.956. The summed E-state index contributed by atoms with van der Waals surface area (Å²) in [5, 5.41) is 0. The van der Waals surface area contributed by atoms with Crippen LogP contribution >= 0.6 is 0 Å². The number of hydrogen-bond donors (Lipinski definition) is 0. The van der Waals surface area contributed by atoms with Gasteiger partial charge in [0.05, 0.1) is 0 Å². The molecular weight excluding hydrogens is 865 g/mol. The fraction of sp³-hybridized carbons (Fsp3) is 0.609. The molecule has 394 valence electrons. The predicted octanol–water partition coefficient (Wildman–Crippen LogP) is 19.0. The molecule has 0 N–H and O–H groups in total. The zero-order valence-electron chi connectivity index (χ0n) is 45.0. The van der Waals surface area contributed by atoms with Gasteiger partial charge in [-0.25, -0.2) is 0 Å². The molecule has 0 amide bonds. The number of ether oxygens (including phenoxy) is 3. The first-order valence-corrected chi connectivity index (χ1v) is 28.3. The summed E-state index contributed by atoms with van der Waals surface area (Å²) >= 11 is 0. The van der Waals surface area contributed by atoms with Gasteiger partial charge in [0.25, 0.3) is 0 Å². The average Bonchev–Trinajstić information content (AvgIpc) is 3.36. The molecule has 0 aromatic rings. The van der Waals surface area contributed by atoms with Crippen molar-refractivity contribution in [1.82, 2.24) is 0 Å². The monoisotopic (exact) mass is 967 g/mol. The molecule has 0 spiro atoms. The third-order valence-electron chi connectivity index (χ3n) is 11.5. The van der Waals surface area contributed by atoms with Crippen molar-refractivity contribution in [3.63, 3.8) is 0 Å². The minimum absolute atomic E-state index is 0.104. The molecule has 70 heavy (non-hydrogen) atoms. The van der Waals surface area contributed by atoms with Crippen LogP contribution in [-0.2, 0) is 28.6 Å². The van der Waals surface area contributed by atoms with E-state index in [1.54, 1.807) is 0 Å². The van der Waals surface area contributed by atoms with Crippen molar-refractivity contribution >= 4 is 17.9 Å². The van der Waals surface area contributed by atoms with Gasteiger partial charge in [0.2, 0.25) is 0 Å². The first kappa shape index (κ1) is 65.5. The molecule has 0 fully saturated rings. The minimum atomic E-state index is -0.808. The number of carbonyl (C=O) groups is 3. The van der Waals surface area contributed by atoms with Crippen molar-refractivity contribution in [3.05, 3.63) is 134 Å². The number of allylic oxidation sites excluding steroid dienone is 22. The molecule has 1 atom stereocenters. The lowest BCUT2D eigenvalue weighted by atomic mass is 10.1. The van der Waals surface area contributed by atoms with Crippen LogP contribution in [0.1, 0.15) is 233 Å². The third kappa shape index (κ3) is 54.5. The van der Waals surface area contributed by atoms with Gasteiger partial charge >= 0.3 is 17.9 Å². The van der Waals surface area contributed by atoms with Gasteiger partial charge in [-0.05, 0) is 103 Å². The predicted molar refractivity (Wildman–Crippen MR) is 302 cm³/mol. The summed E-state index contributed by atoms with van der Waals surface area (Å²) in [5.41, 5.74) is 0. The highest BCUT2D eigenvalue weighted by Crippen LogP contribution is 2.14. The van der Waals surface area contributed by atoms with Crippen LogP contribution in [0, 0.1) is 0 Å². The van der Waals surface area contributed by atoms with Crippen molar-refractivity contribution in [1.29, 1.82) is 0 Å². The van der Waals surface area contributed by atoms with E-state index in [0.717, 1.165) is 135 Å². The van der Waals surface area contributed by atoms with E-state index in [4.69, 9.17) is 14.2 Å². The van der Waals surface area contributed by atoms with Crippen LogP contribution in [0.2, 0.25) is 0 Å². The lowest BCUT2D eigenvalue weighted by Gasteiger charge is -2.18. The molecule has 0 radical (unpaired) electrons. The summed E-state index contributed by atoms with van der Waals surface area (Å²) in [6, 6.07) is 0. The highest BCUT2D eigenvalue weighted by Gasteiger charge is 2.19. The summed E-state index contributed by atoms with van der Waals surface area (Å²) in [6.07, 6.45) is 80.0. The van der Waals surface area contributed by atoms with Crippen molar-refractivity contribution in [2.24, 2.45) is 0 Å². The number of rotatable bonds is 49. The third-order valence-corrected chi connectivity index (χ3v) is 11.5. The molecule has 1 unspecified atom stereocenters. The summed E-state index contributed by atoms with van der Waals surface area (Å²) in [4.78, 5) is 38.2. The van der Waals surface area contributed by atoms with E-state index < -0.39 is 6.10 Å². The van der Waals surface area contributed by atoms with E-state index in [1.165, 1.54) is 57.8 Å². The lowest BCUT2D eigenvalue weighted by Crippen LogP contribution is -2.30. The number of unbranched alkanes of at least 4 members (excludes halogenated alkanes) is 21. The second kappa shape index (κ2) is 57.1. The number of hydrogen-bond acceptors (Lipinski definition) is 6. The molecule has 6 nitrogen and oxygen atoms in total. The Morgan fingerprint density at radius 2 is 0.629 bits per heavy atom. The van der Waals surface area contributed by atoms with Gasteiger partial charge in [0, 0.05) is 19.3 Å². The molecule has 0 aliphatic rings. The van der Waals surface area contributed by atoms with E-state index in [-0.39, 0.29) is 31.1 Å². The van der Waals surface area contributed by atoms with Crippen LogP contribution in [0.5, 0.6) is 0 Å². The van der Waals surface area contributed by atoms with Gasteiger partial charge in [-0.2, -0.15) is 0 Å². The Hall–Kier alpha value is -4.45. The van der Waals surface area contributed by atoms with Gasteiger partial charge < -0.3 is 14.2 Å². The zero-order valence-corrected chi connectivity index (χ0v) is 45.0. The van der Waals surface area contributed by atoms with Gasteiger partial charge in [-0.3, -0.25) is 14.4 Å². The first-order valence-electron chi connectivity index (χ1n) is 28.3. The molecule has 0 saturated heterocycles. The van der Waals surface area contributed by atoms with E-state index in [2.05, 4.69) is 154 Å². The Morgan fingerprint density at radius 1 is 0.314 bits per heavy atom. The van der Waals surface area contributed by atoms with Gasteiger partial charge in [-0.1, -0.05) is 244 Å². The Labute approximate surface area is 430 Å². The van der Waals surface area contributed by atoms with Gasteiger partial charge in [0.15, 0.2) is 6.10 Å². The van der Waals surface area contributed by atoms with Crippen LogP contribution in [0.15, 0.2) is 134 Å². The molecule has 6 heteroatoms. The summed E-state index contributed by atoms with van der Waals surface area (Å²) < 4.78 is 16.8. The number of esters is 3. The normalized spacial score (nSPS) is 13.1. The molecule has 0 aliphatic carbocycles. The van der Waals surface area contributed by atoms with E-state index >= 15 is 0 Å². The lowest BCUT2D eigenvalue weighted by molar-refractivity contribution is -0.167. The van der Waals surface area contributed by atoms with Crippen LogP contribution in [0.4, 0.5) is 0 Å². The van der Waals surface area contributed by atoms with Crippen LogP contribution in [0.3, 0.4) is 0 Å². The smallest absolute Gasteiger partial charge is 0.306 e. The van der Waals surface area contributed by atoms with Gasteiger partial charge in [0.1, 0.15) is 13.2 Å². The molecule has 0 rings (SSSR count). The molecule has 0 aromatic heterocycles. The zero-order chi connectivity index (χ0) is 50.7. The maximum Gasteiger partial charge on any atom is 0.306 e. The summed E-state index contributed by atoms with van der Waals surface area (Å²) in [6.45, 7) is 6.31. The second-order valence-electron chi connectivity index (χ2n) is 18.2. The van der Waals surface area contributed by atoms with Crippen LogP contribution in [0.25, 0.3) is 0 Å². The Kier molecular flexibility index (Phi) is 53.5. The first-order chi connectivity index (χ1) is 34.5. The van der Waals surface area contributed by atoms with Gasteiger partial charge in [-0.15, -0.1) is 0 Å².